The molecule has 2 aliphatic carbocycles. The molecule has 0 saturated heterocycles. The van der Waals surface area contributed by atoms with Crippen LogP contribution in [-0.4, -0.2) is 0 Å². The molecule has 1 unspecified atom stereocenters. The number of fused-ring (bicyclic) bond motifs is 4. The molecule has 256 valence electrons. The van der Waals surface area contributed by atoms with Gasteiger partial charge in [0, 0.05) is 27.8 Å². The third-order valence-corrected chi connectivity index (χ3v) is 11.1. The summed E-state index contributed by atoms with van der Waals surface area (Å²) in [4.78, 5) is 2.58. The van der Waals surface area contributed by atoms with Crippen LogP contribution < -0.4 is 10.2 Å². The van der Waals surface area contributed by atoms with Crippen LogP contribution in [-0.2, 0) is 5.54 Å². The predicted octanol–water partition coefficient (Wildman–Crippen LogP) is 13.5. The van der Waals surface area contributed by atoms with E-state index in [0.717, 1.165) is 29.2 Å². The van der Waals surface area contributed by atoms with Gasteiger partial charge in [-0.15, -0.1) is 0 Å². The Morgan fingerprint density at radius 1 is 0.481 bits per heavy atom. The van der Waals surface area contributed by atoms with Gasteiger partial charge in [0.25, 0.3) is 0 Å². The highest BCUT2D eigenvalue weighted by Gasteiger charge is 2.50. The van der Waals surface area contributed by atoms with E-state index in [9.17, 15) is 0 Å². The van der Waals surface area contributed by atoms with Crippen molar-refractivity contribution in [2.24, 2.45) is 0 Å². The van der Waals surface area contributed by atoms with E-state index in [1.807, 2.05) is 0 Å². The summed E-state index contributed by atoms with van der Waals surface area (Å²) in [6.45, 7) is 0. The Kier molecular flexibility index (Phi) is 7.81. The normalized spacial score (nSPS) is 16.1. The van der Waals surface area contributed by atoms with Gasteiger partial charge in [-0.05, 0) is 92.6 Å². The van der Waals surface area contributed by atoms with E-state index in [1.165, 1.54) is 60.5 Å². The molecule has 0 fully saturated rings. The van der Waals surface area contributed by atoms with Crippen molar-refractivity contribution in [3.63, 3.8) is 0 Å². The molecule has 0 heterocycles. The van der Waals surface area contributed by atoms with Crippen LogP contribution in [0.15, 0.2) is 223 Å². The van der Waals surface area contributed by atoms with Crippen molar-refractivity contribution < 1.29 is 0 Å². The molecule has 0 saturated carbocycles. The van der Waals surface area contributed by atoms with Crippen molar-refractivity contribution in [3.8, 4) is 0 Å². The van der Waals surface area contributed by atoms with E-state index in [-0.39, 0.29) is 0 Å². The number of allylic oxidation sites excluding steroid dienone is 3. The van der Waals surface area contributed by atoms with E-state index in [2.05, 4.69) is 223 Å². The Bertz CT molecular complexity index is 2650. The summed E-state index contributed by atoms with van der Waals surface area (Å²) in [5.74, 6) is 0. The van der Waals surface area contributed by atoms with Gasteiger partial charge in [-0.25, -0.2) is 0 Å². The lowest BCUT2D eigenvalue weighted by Crippen LogP contribution is -2.49. The van der Waals surface area contributed by atoms with Crippen LogP contribution in [0.5, 0.6) is 0 Å². The van der Waals surface area contributed by atoms with Gasteiger partial charge in [0.2, 0.25) is 0 Å². The summed E-state index contributed by atoms with van der Waals surface area (Å²) in [6, 6.07) is 70.5. The quantitative estimate of drug-likeness (QED) is 0.168. The fourth-order valence-corrected chi connectivity index (χ4v) is 9.00. The van der Waals surface area contributed by atoms with Gasteiger partial charge in [0.05, 0.1) is 5.69 Å². The second-order valence-electron chi connectivity index (χ2n) is 14.0. The molecule has 10 rings (SSSR count). The van der Waals surface area contributed by atoms with Crippen molar-refractivity contribution >= 4 is 49.9 Å². The summed E-state index contributed by atoms with van der Waals surface area (Å²) in [6.07, 6.45) is 7.79. The van der Waals surface area contributed by atoms with Crippen LogP contribution >= 0.6 is 0 Å². The first kappa shape index (κ1) is 31.8. The standard InChI is InChI=1S/C52H38N2/c1-5-21-37(22-6-1)52(54(39-25-9-3-10-26-39)40-27-11-4-12-28-40)47-35-19-17-33-45(47)50(46-34-18-20-36-48(46)52)49-41-29-13-15-31-43(41)51(44-32-16-14-30-42(44)49)53-38-23-7-2-8-24-38/h1-33,35-36,53H,34H2. The second kappa shape index (κ2) is 13.3. The van der Waals surface area contributed by atoms with Gasteiger partial charge >= 0.3 is 0 Å². The Morgan fingerprint density at radius 2 is 0.981 bits per heavy atom. The lowest BCUT2D eigenvalue weighted by atomic mass is 9.62. The minimum Gasteiger partial charge on any atom is -0.355 e. The van der Waals surface area contributed by atoms with Gasteiger partial charge in [-0.1, -0.05) is 176 Å². The number of nitrogens with zero attached hydrogens (tertiary/aromatic N) is 1. The topological polar surface area (TPSA) is 15.3 Å². The molecular formula is C52H38N2. The first-order valence-corrected chi connectivity index (χ1v) is 18.8. The maximum Gasteiger partial charge on any atom is 0.122 e. The number of hydrogen-bond acceptors (Lipinski definition) is 2. The maximum atomic E-state index is 3.84. The molecule has 0 bridgehead atoms. The smallest absolute Gasteiger partial charge is 0.122 e. The SMILES string of the molecule is C1=CCC2=C(c3c4ccccc4c(Nc4ccccc4)c4ccccc34)c3ccccc3C(c3ccccc3)(N(c3ccccc3)c3ccccc3)C2=C1. The minimum absolute atomic E-state index is 0.690. The maximum absolute atomic E-state index is 3.84. The summed E-state index contributed by atoms with van der Waals surface area (Å²) in [5, 5.41) is 8.70. The molecule has 1 N–H and O–H groups in total. The third kappa shape index (κ3) is 4.95. The molecule has 54 heavy (non-hydrogen) atoms. The molecule has 1 atom stereocenters. The zero-order valence-corrected chi connectivity index (χ0v) is 29.9. The third-order valence-electron chi connectivity index (χ3n) is 11.1. The predicted molar refractivity (Wildman–Crippen MR) is 228 cm³/mol. The average Bonchev–Trinajstić information content (AvgIpc) is 3.25. The van der Waals surface area contributed by atoms with Crippen LogP contribution in [0.2, 0.25) is 0 Å². The summed E-state index contributed by atoms with van der Waals surface area (Å²) in [7, 11) is 0. The summed E-state index contributed by atoms with van der Waals surface area (Å²) >= 11 is 0. The number of hydrogen-bond donors (Lipinski definition) is 1. The van der Waals surface area contributed by atoms with Crippen molar-refractivity contribution in [2.75, 3.05) is 10.2 Å². The molecule has 0 spiro atoms. The largest absolute Gasteiger partial charge is 0.355 e. The van der Waals surface area contributed by atoms with E-state index < -0.39 is 5.54 Å². The average molecular weight is 691 g/mol. The number of benzene rings is 8. The van der Waals surface area contributed by atoms with Crippen LogP contribution in [0.3, 0.4) is 0 Å². The molecule has 2 nitrogen and oxygen atoms in total. The first-order chi connectivity index (χ1) is 26.8. The fourth-order valence-electron chi connectivity index (χ4n) is 9.00. The van der Waals surface area contributed by atoms with E-state index in [0.29, 0.717) is 0 Å². The highest BCUT2D eigenvalue weighted by atomic mass is 15.2. The van der Waals surface area contributed by atoms with E-state index in [4.69, 9.17) is 0 Å². The highest BCUT2D eigenvalue weighted by Crippen LogP contribution is 2.59. The van der Waals surface area contributed by atoms with Crippen molar-refractivity contribution in [2.45, 2.75) is 12.0 Å². The lowest BCUT2D eigenvalue weighted by Gasteiger charge is -2.52. The number of anilines is 4. The van der Waals surface area contributed by atoms with Gasteiger partial charge in [0.1, 0.15) is 5.54 Å². The van der Waals surface area contributed by atoms with Crippen molar-refractivity contribution in [1.29, 1.82) is 0 Å². The molecule has 0 amide bonds. The number of nitrogens with one attached hydrogen (secondary N) is 1. The Balaban J connectivity index is 1.35. The van der Waals surface area contributed by atoms with Crippen LogP contribution in [0.4, 0.5) is 22.7 Å². The highest BCUT2D eigenvalue weighted by molar-refractivity contribution is 6.20. The van der Waals surface area contributed by atoms with Crippen molar-refractivity contribution in [1.82, 2.24) is 0 Å². The van der Waals surface area contributed by atoms with Crippen LogP contribution in [0.1, 0.15) is 28.7 Å². The molecule has 2 aliphatic rings. The Labute approximate surface area is 316 Å². The molecule has 0 aromatic heterocycles. The zero-order valence-electron chi connectivity index (χ0n) is 29.9. The molecule has 8 aromatic rings. The number of para-hydroxylation sites is 3. The summed E-state index contributed by atoms with van der Waals surface area (Å²) in [5.41, 5.74) is 12.7. The molecule has 2 heteroatoms. The molecule has 0 radical (unpaired) electrons. The first-order valence-electron chi connectivity index (χ1n) is 18.8. The second-order valence-corrected chi connectivity index (χ2v) is 14.0. The Morgan fingerprint density at radius 3 is 1.59 bits per heavy atom. The van der Waals surface area contributed by atoms with Gasteiger partial charge < -0.3 is 10.2 Å². The monoisotopic (exact) mass is 690 g/mol. The van der Waals surface area contributed by atoms with Crippen LogP contribution in [0.25, 0.3) is 27.1 Å². The van der Waals surface area contributed by atoms with Crippen molar-refractivity contribution in [3.05, 3.63) is 246 Å². The Hall–Kier alpha value is -6.90. The zero-order chi connectivity index (χ0) is 35.9. The van der Waals surface area contributed by atoms with Gasteiger partial charge in [0.15, 0.2) is 0 Å². The molecule has 0 aliphatic heterocycles. The van der Waals surface area contributed by atoms with E-state index in [1.54, 1.807) is 0 Å². The lowest BCUT2D eigenvalue weighted by molar-refractivity contribution is 0.606. The molecular weight excluding hydrogens is 653 g/mol. The molecule has 8 aromatic carbocycles. The minimum atomic E-state index is -0.690. The van der Waals surface area contributed by atoms with Gasteiger partial charge in [-0.3, -0.25) is 0 Å². The number of rotatable bonds is 7. The van der Waals surface area contributed by atoms with E-state index >= 15 is 0 Å². The fraction of sp³-hybridized carbons (Fsp3) is 0.0385. The van der Waals surface area contributed by atoms with Gasteiger partial charge in [-0.2, -0.15) is 0 Å². The van der Waals surface area contributed by atoms with Crippen LogP contribution in [0, 0.1) is 0 Å². The summed E-state index contributed by atoms with van der Waals surface area (Å²) < 4.78 is 0.